The number of carbonyl (C=O) groups excluding carboxylic acids is 1. The summed E-state index contributed by atoms with van der Waals surface area (Å²) in [5.41, 5.74) is 0. The molecule has 4 atom stereocenters. The van der Waals surface area contributed by atoms with Crippen LogP contribution in [0.1, 0.15) is 226 Å². The van der Waals surface area contributed by atoms with E-state index in [1.54, 1.807) is 0 Å². The van der Waals surface area contributed by atoms with Crippen molar-refractivity contribution in [3.05, 3.63) is 72.9 Å². The molecule has 0 heterocycles. The van der Waals surface area contributed by atoms with E-state index in [4.69, 9.17) is 9.05 Å². The van der Waals surface area contributed by atoms with Crippen LogP contribution in [0.15, 0.2) is 72.9 Å². The molecule has 0 aromatic heterocycles. The summed E-state index contributed by atoms with van der Waals surface area (Å²) in [5, 5.41) is 24.6. The summed E-state index contributed by atoms with van der Waals surface area (Å²) in [7, 11) is 1.09. The molecule has 0 aromatic rings. The third kappa shape index (κ3) is 48.7. The highest BCUT2D eigenvalue weighted by Crippen LogP contribution is 2.38. The molecular weight excluding hydrogens is 856 g/mol. The molecule has 0 bridgehead atoms. The summed E-state index contributed by atoms with van der Waals surface area (Å²) in [6.45, 7) is 4.18. The Balaban J connectivity index is 4.17. The number of carbonyl (C=O) groups is 1. The van der Waals surface area contributed by atoms with Crippen molar-refractivity contribution in [2.45, 2.75) is 244 Å². The molecule has 0 aliphatic heterocycles. The second-order valence-electron chi connectivity index (χ2n) is 19.7. The summed E-state index contributed by atoms with van der Waals surface area (Å²) < 4.78 is 23.2. The molecule has 0 saturated carbocycles. The zero-order chi connectivity index (χ0) is 49.4. The molecule has 0 aliphatic carbocycles. The molecule has 10 heteroatoms. The maximum absolute atomic E-state index is 13.0. The van der Waals surface area contributed by atoms with Crippen molar-refractivity contribution in [2.24, 2.45) is 0 Å². The first-order valence-electron chi connectivity index (χ1n) is 27.3. The lowest BCUT2D eigenvalue weighted by Crippen LogP contribution is -2.51. The molecule has 390 valence electrons. The molecule has 4 unspecified atom stereocenters. The number of quaternary nitrogens is 1. The Labute approximate surface area is 413 Å². The number of hydrogen-bond donors (Lipinski definition) is 3. The van der Waals surface area contributed by atoms with E-state index in [0.29, 0.717) is 30.3 Å². The summed E-state index contributed by atoms with van der Waals surface area (Å²) in [6, 6.07) is -1.10. The van der Waals surface area contributed by atoms with Gasteiger partial charge in [-0.3, -0.25) is 9.36 Å². The number of aliphatic hydroxyl groups is 2. The van der Waals surface area contributed by atoms with Crippen molar-refractivity contribution >= 4 is 13.7 Å². The highest BCUT2D eigenvalue weighted by atomic mass is 31.2. The average molecular weight is 961 g/mol. The van der Waals surface area contributed by atoms with Gasteiger partial charge in [-0.05, 0) is 96.8 Å². The molecule has 0 rings (SSSR count). The standard InChI is InChI=1S/C57H105N2O7P/c1-6-8-10-12-14-16-18-20-21-22-23-24-25-26-27-28-29-30-31-32-33-34-35-36-37-38-40-42-44-46-48-50-56(61)58-54(53-66-67(63,64)65-52-51-59(3,4)5)57(62)55(60)49-47-45-43-41-39-19-17-15-13-11-9-7-2/h7,9,15,17-18,20,22-23,25-26,41,43,54-55,57,60,62H,6,8,10-14,16,19,21,24,27-40,42,44-53H2,1-5H3,(H-,58,61,63,64)/b9-7+,17-15+,20-18-,23-22-,26-25-,43-41+. The summed E-state index contributed by atoms with van der Waals surface area (Å²) in [6.07, 6.45) is 61.3. The van der Waals surface area contributed by atoms with Crippen LogP contribution in [-0.4, -0.2) is 79.8 Å². The largest absolute Gasteiger partial charge is 0.756 e. The number of likely N-dealkylation sites (N-methyl/N-ethyl adjacent to an activating group) is 1. The molecule has 67 heavy (non-hydrogen) atoms. The molecule has 9 nitrogen and oxygen atoms in total. The van der Waals surface area contributed by atoms with Crippen LogP contribution in [-0.2, 0) is 18.4 Å². The van der Waals surface area contributed by atoms with Gasteiger partial charge >= 0.3 is 0 Å². The normalized spacial score (nSPS) is 15.0. The van der Waals surface area contributed by atoms with Crippen molar-refractivity contribution in [3.8, 4) is 0 Å². The topological polar surface area (TPSA) is 128 Å². The number of allylic oxidation sites excluding steroid dienone is 12. The lowest BCUT2D eigenvalue weighted by molar-refractivity contribution is -0.870. The molecule has 0 fully saturated rings. The van der Waals surface area contributed by atoms with E-state index in [2.05, 4.69) is 85.2 Å². The second-order valence-corrected chi connectivity index (χ2v) is 21.1. The predicted octanol–water partition coefficient (Wildman–Crippen LogP) is 14.7. The minimum absolute atomic E-state index is 0.0524. The first kappa shape index (κ1) is 64.9. The zero-order valence-corrected chi connectivity index (χ0v) is 44.8. The average Bonchev–Trinajstić information content (AvgIpc) is 3.29. The van der Waals surface area contributed by atoms with Crippen LogP contribution in [0.5, 0.6) is 0 Å². The highest BCUT2D eigenvalue weighted by Gasteiger charge is 2.29. The van der Waals surface area contributed by atoms with Crippen LogP contribution in [0.2, 0.25) is 0 Å². The van der Waals surface area contributed by atoms with Crippen LogP contribution in [0.3, 0.4) is 0 Å². The van der Waals surface area contributed by atoms with E-state index in [1.165, 1.54) is 122 Å². The van der Waals surface area contributed by atoms with Crippen molar-refractivity contribution in [1.29, 1.82) is 0 Å². The van der Waals surface area contributed by atoms with Gasteiger partial charge in [-0.1, -0.05) is 195 Å². The Morgan fingerprint density at radius 3 is 1.45 bits per heavy atom. The third-order valence-corrected chi connectivity index (χ3v) is 13.0. The van der Waals surface area contributed by atoms with Gasteiger partial charge in [0.05, 0.1) is 39.9 Å². The molecule has 3 N–H and O–H groups in total. The number of aliphatic hydroxyl groups excluding tert-OH is 2. The second kappa shape index (κ2) is 47.6. The lowest BCUT2D eigenvalue weighted by atomic mass is 10.0. The van der Waals surface area contributed by atoms with Gasteiger partial charge in [-0.15, -0.1) is 0 Å². The smallest absolute Gasteiger partial charge is 0.268 e. The fourth-order valence-corrected chi connectivity index (χ4v) is 8.44. The Morgan fingerprint density at radius 2 is 0.970 bits per heavy atom. The quantitative estimate of drug-likeness (QED) is 0.0240. The molecule has 0 aromatic carbocycles. The van der Waals surface area contributed by atoms with Gasteiger partial charge in [0.15, 0.2) is 0 Å². The molecule has 0 aliphatic rings. The number of unbranched alkanes of at least 4 members (excludes halogenated alkanes) is 24. The number of nitrogens with one attached hydrogen (secondary N) is 1. The van der Waals surface area contributed by atoms with Gasteiger partial charge < -0.3 is 34.0 Å². The number of phosphoric ester groups is 1. The summed E-state index contributed by atoms with van der Waals surface area (Å²) in [4.78, 5) is 25.5. The van der Waals surface area contributed by atoms with E-state index in [0.717, 1.165) is 64.2 Å². The zero-order valence-electron chi connectivity index (χ0n) is 43.9. The summed E-state index contributed by atoms with van der Waals surface area (Å²) >= 11 is 0. The fraction of sp³-hybridized carbons (Fsp3) is 0.772. The van der Waals surface area contributed by atoms with Gasteiger partial charge in [0.1, 0.15) is 19.3 Å². The third-order valence-electron chi connectivity index (χ3n) is 12.1. The van der Waals surface area contributed by atoms with Gasteiger partial charge in [0, 0.05) is 6.42 Å². The predicted molar refractivity (Wildman–Crippen MR) is 285 cm³/mol. The van der Waals surface area contributed by atoms with E-state index in [-0.39, 0.29) is 18.9 Å². The van der Waals surface area contributed by atoms with Gasteiger partial charge in [-0.25, -0.2) is 0 Å². The molecule has 0 saturated heterocycles. The van der Waals surface area contributed by atoms with Gasteiger partial charge in [0.25, 0.3) is 7.82 Å². The molecule has 0 radical (unpaired) electrons. The first-order chi connectivity index (χ1) is 32.4. The highest BCUT2D eigenvalue weighted by molar-refractivity contribution is 7.45. The lowest BCUT2D eigenvalue weighted by Gasteiger charge is -2.31. The van der Waals surface area contributed by atoms with E-state index >= 15 is 0 Å². The van der Waals surface area contributed by atoms with Crippen molar-refractivity contribution in [2.75, 3.05) is 40.9 Å². The van der Waals surface area contributed by atoms with Crippen LogP contribution < -0.4 is 10.2 Å². The van der Waals surface area contributed by atoms with E-state index < -0.39 is 32.7 Å². The van der Waals surface area contributed by atoms with Crippen LogP contribution >= 0.6 is 7.82 Å². The van der Waals surface area contributed by atoms with Crippen LogP contribution in [0.4, 0.5) is 0 Å². The number of phosphoric acid groups is 1. The SMILES string of the molecule is C/C=C/CC/C=C/CC/C=C/CCCC(O)C(O)C(COP(=O)([O-])OCC[N+](C)(C)C)NC(=O)CCCCCCCCCCCCCCCCCC/C=C\C/C=C\C/C=C\CCCCCCC. The van der Waals surface area contributed by atoms with E-state index in [1.807, 2.05) is 28.1 Å². The van der Waals surface area contributed by atoms with Crippen molar-refractivity contribution in [1.82, 2.24) is 5.32 Å². The van der Waals surface area contributed by atoms with Crippen molar-refractivity contribution < 1.29 is 38.0 Å². The van der Waals surface area contributed by atoms with Crippen LogP contribution in [0, 0.1) is 0 Å². The Hall–Kier alpha value is -2.10. The maximum Gasteiger partial charge on any atom is 0.268 e. The monoisotopic (exact) mass is 961 g/mol. The fourth-order valence-electron chi connectivity index (χ4n) is 7.71. The first-order valence-corrected chi connectivity index (χ1v) is 28.8. The summed E-state index contributed by atoms with van der Waals surface area (Å²) in [5.74, 6) is -0.297. The van der Waals surface area contributed by atoms with Crippen LogP contribution in [0.25, 0.3) is 0 Å². The number of amides is 1. The Bertz CT molecular complexity index is 1340. The minimum atomic E-state index is -4.69. The number of nitrogens with zero attached hydrogens (tertiary/aromatic N) is 1. The van der Waals surface area contributed by atoms with E-state index in [9.17, 15) is 24.5 Å². The van der Waals surface area contributed by atoms with Crippen molar-refractivity contribution in [3.63, 3.8) is 0 Å². The number of hydrogen-bond acceptors (Lipinski definition) is 7. The molecular formula is C57H105N2O7P. The Morgan fingerprint density at radius 1 is 0.567 bits per heavy atom. The van der Waals surface area contributed by atoms with Gasteiger partial charge in [-0.2, -0.15) is 0 Å². The number of rotatable bonds is 49. The van der Waals surface area contributed by atoms with Gasteiger partial charge in [0.2, 0.25) is 5.91 Å². The molecule has 0 spiro atoms. The Kier molecular flexibility index (Phi) is 46.1. The minimum Gasteiger partial charge on any atom is -0.756 e. The molecule has 1 amide bonds. The maximum atomic E-state index is 13.0.